The van der Waals surface area contributed by atoms with Crippen LogP contribution in [0.1, 0.15) is 35.1 Å². The van der Waals surface area contributed by atoms with Crippen molar-refractivity contribution in [3.05, 3.63) is 0 Å². The number of morpholine rings is 1. The molecule has 0 aromatic carbocycles. The van der Waals surface area contributed by atoms with Gasteiger partial charge in [-0.15, -0.1) is 0 Å². The van der Waals surface area contributed by atoms with E-state index in [0.717, 1.165) is 13.1 Å². The summed E-state index contributed by atoms with van der Waals surface area (Å²) in [7, 11) is 0. The van der Waals surface area contributed by atoms with E-state index in [9.17, 15) is 4.79 Å². The first-order valence-electron chi connectivity index (χ1n) is 5.33. The molecule has 15 heavy (non-hydrogen) atoms. The molecule has 0 unspecified atom stereocenters. The van der Waals surface area contributed by atoms with Crippen molar-refractivity contribution < 1.29 is 9.53 Å². The number of ether oxygens (including phenoxy) is 1. The Bertz CT molecular complexity index is 206. The van der Waals surface area contributed by atoms with Crippen LogP contribution in [0.2, 0.25) is 0 Å². The molecule has 0 bridgehead atoms. The van der Waals surface area contributed by atoms with Crippen LogP contribution in [0.25, 0.3) is 0 Å². The summed E-state index contributed by atoms with van der Waals surface area (Å²) in [4.78, 5) is 14.1. The molecule has 1 saturated heterocycles. The Morgan fingerprint density at radius 3 is 2.13 bits per heavy atom. The van der Waals surface area contributed by atoms with Gasteiger partial charge in [0.1, 0.15) is 0 Å². The summed E-state index contributed by atoms with van der Waals surface area (Å²) in [6.07, 6.45) is 0. The van der Waals surface area contributed by atoms with E-state index in [-0.39, 0.29) is 18.7 Å². The van der Waals surface area contributed by atoms with E-state index < -0.39 is 0 Å². The fourth-order valence-corrected chi connectivity index (χ4v) is 1.42. The van der Waals surface area contributed by atoms with Crippen LogP contribution in [0.3, 0.4) is 0 Å². The van der Waals surface area contributed by atoms with Crippen LogP contribution in [0, 0.1) is 11.3 Å². The van der Waals surface area contributed by atoms with Gasteiger partial charge in [-0.05, 0) is 5.92 Å². The van der Waals surface area contributed by atoms with E-state index in [4.69, 9.17) is 4.74 Å². The summed E-state index contributed by atoms with van der Waals surface area (Å²) in [5.74, 6) is 0.633. The van der Waals surface area contributed by atoms with Gasteiger partial charge in [-0.3, -0.25) is 4.79 Å². The lowest BCUT2D eigenvalue weighted by molar-refractivity contribution is -0.146. The Morgan fingerprint density at radius 2 is 1.73 bits per heavy atom. The zero-order chi connectivity index (χ0) is 10.8. The summed E-state index contributed by atoms with van der Waals surface area (Å²) >= 11 is 0. The minimum atomic E-state index is -0.253. The Kier molecular flexibility index (Phi) is 5.29. The summed E-state index contributed by atoms with van der Waals surface area (Å²) in [6.45, 7) is 11.1. The number of carbonyl (C=O) groups excluding carboxylic acids is 1. The number of rotatable bonds is 2. The lowest BCUT2D eigenvalue weighted by Gasteiger charge is -2.36. The van der Waals surface area contributed by atoms with Crippen LogP contribution in [0.15, 0.2) is 0 Å². The zero-order valence-electron chi connectivity index (χ0n) is 9.67. The second kappa shape index (κ2) is 5.50. The molecule has 0 spiro atoms. The lowest BCUT2D eigenvalue weighted by Crippen LogP contribution is -2.48. The Hall–Kier alpha value is -0.570. The van der Waals surface area contributed by atoms with Crippen LogP contribution in [0.5, 0.6) is 0 Å². The highest BCUT2D eigenvalue weighted by Gasteiger charge is 2.35. The molecule has 0 radical (unpaired) electrons. The van der Waals surface area contributed by atoms with Crippen molar-refractivity contribution in [3.63, 3.8) is 0 Å². The molecular formula is C12H25NO2. The van der Waals surface area contributed by atoms with E-state index in [0.29, 0.717) is 19.1 Å². The predicted octanol–water partition coefficient (Wildman–Crippen LogP) is 2.16. The number of hydrogen-bond acceptors (Lipinski definition) is 2. The maximum atomic E-state index is 12.1. The summed E-state index contributed by atoms with van der Waals surface area (Å²) in [5.41, 5.74) is -0.253. The van der Waals surface area contributed by atoms with Crippen molar-refractivity contribution in [1.29, 1.82) is 0 Å². The maximum absolute atomic E-state index is 12.1. The molecule has 0 atom stereocenters. The van der Waals surface area contributed by atoms with Crippen molar-refractivity contribution in [1.82, 2.24) is 4.90 Å². The smallest absolute Gasteiger partial charge is 0.228 e. The summed E-state index contributed by atoms with van der Waals surface area (Å²) < 4.78 is 5.23. The predicted molar refractivity (Wildman–Crippen MR) is 62.7 cm³/mol. The molecule has 0 aromatic heterocycles. The summed E-state index contributed by atoms with van der Waals surface area (Å²) in [5, 5.41) is 0. The fourth-order valence-electron chi connectivity index (χ4n) is 1.42. The average molecular weight is 215 g/mol. The maximum Gasteiger partial charge on any atom is 0.228 e. The highest BCUT2D eigenvalue weighted by molar-refractivity contribution is 5.82. The van der Waals surface area contributed by atoms with Gasteiger partial charge in [-0.25, -0.2) is 0 Å². The molecule has 3 nitrogen and oxygen atoms in total. The van der Waals surface area contributed by atoms with E-state index in [1.54, 1.807) is 0 Å². The SMILES string of the molecule is C.CC(C)C(C)(C)C(=O)N1CCOCC1. The number of amides is 1. The van der Waals surface area contributed by atoms with Crippen molar-refractivity contribution in [3.8, 4) is 0 Å². The van der Waals surface area contributed by atoms with Crippen LogP contribution in [0.4, 0.5) is 0 Å². The Morgan fingerprint density at radius 1 is 1.27 bits per heavy atom. The molecule has 1 heterocycles. The second-order valence-electron chi connectivity index (χ2n) is 4.78. The van der Waals surface area contributed by atoms with Gasteiger partial charge in [0.2, 0.25) is 5.91 Å². The highest BCUT2D eigenvalue weighted by Crippen LogP contribution is 2.28. The van der Waals surface area contributed by atoms with E-state index in [1.165, 1.54) is 0 Å². The van der Waals surface area contributed by atoms with Crippen LogP contribution < -0.4 is 0 Å². The van der Waals surface area contributed by atoms with Crippen molar-refractivity contribution in [2.75, 3.05) is 26.3 Å². The quantitative estimate of drug-likeness (QED) is 0.706. The molecule has 0 aromatic rings. The van der Waals surface area contributed by atoms with Crippen molar-refractivity contribution in [2.24, 2.45) is 11.3 Å². The van der Waals surface area contributed by atoms with Crippen LogP contribution in [-0.4, -0.2) is 37.1 Å². The van der Waals surface area contributed by atoms with E-state index in [1.807, 2.05) is 18.7 Å². The summed E-state index contributed by atoms with van der Waals surface area (Å²) in [6, 6.07) is 0. The van der Waals surface area contributed by atoms with Crippen molar-refractivity contribution >= 4 is 5.91 Å². The first kappa shape index (κ1) is 14.4. The minimum absolute atomic E-state index is 0. The zero-order valence-corrected chi connectivity index (χ0v) is 9.67. The van der Waals surface area contributed by atoms with Gasteiger partial charge < -0.3 is 9.64 Å². The molecule has 1 aliphatic rings. The third kappa shape index (κ3) is 3.20. The monoisotopic (exact) mass is 215 g/mol. The number of nitrogens with zero attached hydrogens (tertiary/aromatic N) is 1. The van der Waals surface area contributed by atoms with Gasteiger partial charge in [-0.2, -0.15) is 0 Å². The molecule has 90 valence electrons. The van der Waals surface area contributed by atoms with E-state index >= 15 is 0 Å². The lowest BCUT2D eigenvalue weighted by atomic mass is 9.80. The standard InChI is InChI=1S/C11H21NO2.CH4/c1-9(2)11(3,4)10(13)12-5-7-14-8-6-12;/h9H,5-8H2,1-4H3;1H4. The number of hydrogen-bond donors (Lipinski definition) is 0. The Labute approximate surface area is 93.8 Å². The largest absolute Gasteiger partial charge is 0.378 e. The molecule has 0 N–H and O–H groups in total. The van der Waals surface area contributed by atoms with E-state index in [2.05, 4.69) is 13.8 Å². The van der Waals surface area contributed by atoms with Crippen LogP contribution in [-0.2, 0) is 9.53 Å². The third-order valence-electron chi connectivity index (χ3n) is 3.29. The van der Waals surface area contributed by atoms with Gasteiger partial charge in [-0.1, -0.05) is 35.1 Å². The topological polar surface area (TPSA) is 29.5 Å². The Balaban J connectivity index is 0.00000196. The third-order valence-corrected chi connectivity index (χ3v) is 3.29. The van der Waals surface area contributed by atoms with Gasteiger partial charge in [0.25, 0.3) is 0 Å². The van der Waals surface area contributed by atoms with Crippen molar-refractivity contribution in [2.45, 2.75) is 35.1 Å². The van der Waals surface area contributed by atoms with Gasteiger partial charge in [0.05, 0.1) is 13.2 Å². The average Bonchev–Trinajstić information content (AvgIpc) is 2.17. The minimum Gasteiger partial charge on any atom is -0.378 e. The fraction of sp³-hybridized carbons (Fsp3) is 0.917. The second-order valence-corrected chi connectivity index (χ2v) is 4.78. The molecule has 1 fully saturated rings. The molecular weight excluding hydrogens is 190 g/mol. The normalized spacial score (nSPS) is 17.5. The van der Waals surface area contributed by atoms with Gasteiger partial charge in [0, 0.05) is 18.5 Å². The number of carbonyl (C=O) groups is 1. The first-order chi connectivity index (χ1) is 6.46. The molecule has 0 aliphatic carbocycles. The molecule has 1 amide bonds. The van der Waals surface area contributed by atoms with Gasteiger partial charge in [0.15, 0.2) is 0 Å². The molecule has 1 aliphatic heterocycles. The highest BCUT2D eigenvalue weighted by atomic mass is 16.5. The first-order valence-corrected chi connectivity index (χ1v) is 5.33. The molecule has 3 heteroatoms. The molecule has 1 rings (SSSR count). The molecule has 0 saturated carbocycles. The van der Waals surface area contributed by atoms with Crippen LogP contribution >= 0.6 is 0 Å². The van der Waals surface area contributed by atoms with Gasteiger partial charge >= 0.3 is 0 Å².